The molecule has 4 heteroatoms. The first-order valence-electron chi connectivity index (χ1n) is 10.6. The van der Waals surface area contributed by atoms with Gasteiger partial charge < -0.3 is 9.16 Å². The number of ether oxygens (including phenoxy) is 1. The highest BCUT2D eigenvalue weighted by molar-refractivity contribution is 6.74. The molecule has 0 radical (unpaired) electrons. The van der Waals surface area contributed by atoms with Crippen LogP contribution < -0.4 is 0 Å². The standard InChI is InChI=1S/C25H38O3Si/c1-19(2)22(28-29(7,8)24(3,4)5)14-15-25(17-20-12-10-9-11-13-20)18-21(27-6)16-23(25)26/h9-13,16,22H,1,14-15,17-18H2,2-8H3. The lowest BCUT2D eigenvalue weighted by atomic mass is 9.74. The minimum atomic E-state index is -1.93. The summed E-state index contributed by atoms with van der Waals surface area (Å²) >= 11 is 0. The van der Waals surface area contributed by atoms with Crippen LogP contribution in [0.3, 0.4) is 0 Å². The van der Waals surface area contributed by atoms with Gasteiger partial charge in [0, 0.05) is 17.9 Å². The van der Waals surface area contributed by atoms with Crippen molar-refractivity contribution in [2.45, 2.75) is 77.6 Å². The Bertz CT molecular complexity index is 758. The minimum absolute atomic E-state index is 0.0251. The fraction of sp³-hybridized carbons (Fsp3) is 0.560. The van der Waals surface area contributed by atoms with Gasteiger partial charge in [-0.25, -0.2) is 0 Å². The molecular formula is C25H38O3Si. The number of carbonyl (C=O) groups excluding carboxylic acids is 1. The summed E-state index contributed by atoms with van der Waals surface area (Å²) in [6.45, 7) is 17.5. The second-order valence-corrected chi connectivity index (χ2v) is 14.8. The van der Waals surface area contributed by atoms with E-state index in [1.807, 2.05) is 25.1 Å². The van der Waals surface area contributed by atoms with Gasteiger partial charge in [-0.3, -0.25) is 4.79 Å². The second kappa shape index (κ2) is 9.01. The summed E-state index contributed by atoms with van der Waals surface area (Å²) in [7, 11) is -0.279. The Hall–Kier alpha value is -1.65. The number of allylic oxidation sites excluding steroid dienone is 2. The zero-order valence-electron chi connectivity index (χ0n) is 19.3. The molecular weight excluding hydrogens is 376 g/mol. The monoisotopic (exact) mass is 414 g/mol. The lowest BCUT2D eigenvalue weighted by Gasteiger charge is -2.40. The van der Waals surface area contributed by atoms with E-state index in [-0.39, 0.29) is 16.9 Å². The predicted molar refractivity (Wildman–Crippen MR) is 123 cm³/mol. The van der Waals surface area contributed by atoms with Crippen molar-refractivity contribution in [3.8, 4) is 0 Å². The van der Waals surface area contributed by atoms with Crippen LogP contribution >= 0.6 is 0 Å². The van der Waals surface area contributed by atoms with E-state index in [4.69, 9.17) is 9.16 Å². The molecule has 1 aromatic carbocycles. The Balaban J connectivity index is 2.22. The van der Waals surface area contributed by atoms with Crippen molar-refractivity contribution in [2.24, 2.45) is 5.41 Å². The molecule has 2 atom stereocenters. The highest BCUT2D eigenvalue weighted by Crippen LogP contribution is 2.44. The molecule has 1 aliphatic rings. The van der Waals surface area contributed by atoms with E-state index in [1.54, 1.807) is 13.2 Å². The third-order valence-electron chi connectivity index (χ3n) is 6.65. The number of carbonyl (C=O) groups is 1. The first-order chi connectivity index (χ1) is 13.4. The van der Waals surface area contributed by atoms with E-state index in [0.29, 0.717) is 6.42 Å². The van der Waals surface area contributed by atoms with E-state index in [2.05, 4.69) is 52.6 Å². The fourth-order valence-electron chi connectivity index (χ4n) is 3.68. The third-order valence-corrected chi connectivity index (χ3v) is 11.1. The highest BCUT2D eigenvalue weighted by Gasteiger charge is 2.44. The molecule has 0 N–H and O–H groups in total. The maximum absolute atomic E-state index is 13.1. The molecule has 2 unspecified atom stereocenters. The van der Waals surface area contributed by atoms with Crippen molar-refractivity contribution < 1.29 is 14.0 Å². The normalized spacial score (nSPS) is 21.1. The molecule has 160 valence electrons. The molecule has 0 heterocycles. The zero-order chi connectivity index (χ0) is 21.9. The molecule has 0 fully saturated rings. The maximum atomic E-state index is 13.1. The summed E-state index contributed by atoms with van der Waals surface area (Å²) < 4.78 is 12.1. The van der Waals surface area contributed by atoms with Gasteiger partial charge in [0.15, 0.2) is 14.1 Å². The summed E-state index contributed by atoms with van der Waals surface area (Å²) in [5.74, 6) is 0.953. The smallest absolute Gasteiger partial charge is 0.192 e. The molecule has 0 bridgehead atoms. The van der Waals surface area contributed by atoms with Gasteiger partial charge in [0.25, 0.3) is 0 Å². The topological polar surface area (TPSA) is 35.5 Å². The van der Waals surface area contributed by atoms with Gasteiger partial charge in [-0.2, -0.15) is 0 Å². The SMILES string of the molecule is C=C(C)C(CCC1(Cc2ccccc2)CC(OC)=CC1=O)O[Si](C)(C)C(C)(C)C. The summed E-state index contributed by atoms with van der Waals surface area (Å²) in [5, 5.41) is 0.135. The number of benzene rings is 1. The second-order valence-electron chi connectivity index (χ2n) is 10.1. The van der Waals surface area contributed by atoms with Crippen LogP contribution in [-0.4, -0.2) is 27.3 Å². The van der Waals surface area contributed by atoms with Crippen LogP contribution in [0.1, 0.15) is 52.5 Å². The van der Waals surface area contributed by atoms with Crippen molar-refractivity contribution in [1.82, 2.24) is 0 Å². The van der Waals surface area contributed by atoms with Gasteiger partial charge in [0.1, 0.15) is 5.76 Å². The molecule has 2 rings (SSSR count). The largest absolute Gasteiger partial charge is 0.501 e. The minimum Gasteiger partial charge on any atom is -0.501 e. The molecule has 0 aromatic heterocycles. The highest BCUT2D eigenvalue weighted by atomic mass is 28.4. The number of hydrogen-bond acceptors (Lipinski definition) is 3. The van der Waals surface area contributed by atoms with Crippen LogP contribution in [0.4, 0.5) is 0 Å². The van der Waals surface area contributed by atoms with Crippen LogP contribution in [0.15, 0.2) is 54.3 Å². The average Bonchev–Trinajstić information content (AvgIpc) is 2.94. The lowest BCUT2D eigenvalue weighted by molar-refractivity contribution is -0.123. The molecule has 0 amide bonds. The molecule has 0 spiro atoms. The van der Waals surface area contributed by atoms with Gasteiger partial charge in [-0.05, 0) is 49.9 Å². The summed E-state index contributed by atoms with van der Waals surface area (Å²) in [6, 6.07) is 10.3. The van der Waals surface area contributed by atoms with Crippen molar-refractivity contribution >= 4 is 14.1 Å². The van der Waals surface area contributed by atoms with E-state index in [9.17, 15) is 4.79 Å². The van der Waals surface area contributed by atoms with Crippen LogP contribution in [0.5, 0.6) is 0 Å². The molecule has 29 heavy (non-hydrogen) atoms. The van der Waals surface area contributed by atoms with Crippen molar-refractivity contribution in [3.05, 3.63) is 59.9 Å². The predicted octanol–water partition coefficient (Wildman–Crippen LogP) is 6.47. The number of rotatable bonds is 9. The van der Waals surface area contributed by atoms with E-state index >= 15 is 0 Å². The molecule has 1 aromatic rings. The van der Waals surface area contributed by atoms with Crippen molar-refractivity contribution in [1.29, 1.82) is 0 Å². The van der Waals surface area contributed by atoms with Crippen LogP contribution in [0.2, 0.25) is 18.1 Å². The van der Waals surface area contributed by atoms with Gasteiger partial charge in [0.2, 0.25) is 0 Å². The molecule has 3 nitrogen and oxygen atoms in total. The first kappa shape index (κ1) is 23.6. The van der Waals surface area contributed by atoms with Crippen LogP contribution in [0.25, 0.3) is 0 Å². The van der Waals surface area contributed by atoms with Crippen molar-refractivity contribution in [2.75, 3.05) is 7.11 Å². The molecule has 1 aliphatic carbocycles. The van der Waals surface area contributed by atoms with Gasteiger partial charge in [-0.15, -0.1) is 0 Å². The Labute approximate surface area is 178 Å². The average molecular weight is 415 g/mol. The lowest BCUT2D eigenvalue weighted by Crippen LogP contribution is -2.44. The van der Waals surface area contributed by atoms with Gasteiger partial charge in [-0.1, -0.05) is 63.3 Å². The van der Waals surface area contributed by atoms with E-state index in [0.717, 1.165) is 30.6 Å². The van der Waals surface area contributed by atoms with Gasteiger partial charge >= 0.3 is 0 Å². The van der Waals surface area contributed by atoms with Gasteiger partial charge in [0.05, 0.1) is 13.2 Å². The maximum Gasteiger partial charge on any atom is 0.192 e. The Kier molecular flexibility index (Phi) is 7.34. The molecule has 0 saturated carbocycles. The summed E-state index contributed by atoms with van der Waals surface area (Å²) in [4.78, 5) is 13.1. The Morgan fingerprint density at radius 3 is 2.34 bits per heavy atom. The Morgan fingerprint density at radius 1 is 1.24 bits per heavy atom. The van der Waals surface area contributed by atoms with E-state index in [1.165, 1.54) is 5.56 Å². The summed E-state index contributed by atoms with van der Waals surface area (Å²) in [5.41, 5.74) is 1.76. The van der Waals surface area contributed by atoms with E-state index < -0.39 is 13.7 Å². The molecule has 0 aliphatic heterocycles. The van der Waals surface area contributed by atoms with Crippen LogP contribution in [0, 0.1) is 5.41 Å². The fourth-order valence-corrected chi connectivity index (χ4v) is 5.07. The number of methoxy groups -OCH3 is 1. The number of hydrogen-bond donors (Lipinski definition) is 0. The number of ketones is 1. The van der Waals surface area contributed by atoms with Crippen molar-refractivity contribution in [3.63, 3.8) is 0 Å². The quantitative estimate of drug-likeness (QED) is 0.343. The molecule has 0 saturated heterocycles. The zero-order valence-corrected chi connectivity index (χ0v) is 20.3. The first-order valence-corrected chi connectivity index (χ1v) is 13.5. The summed E-state index contributed by atoms with van der Waals surface area (Å²) in [6.07, 6.45) is 4.59. The van der Waals surface area contributed by atoms with Crippen LogP contribution in [-0.2, 0) is 20.4 Å². The third kappa shape index (κ3) is 5.70. The Morgan fingerprint density at radius 2 is 1.86 bits per heavy atom.